The van der Waals surface area contributed by atoms with E-state index in [0.717, 1.165) is 16.8 Å². The lowest BCUT2D eigenvalue weighted by Crippen LogP contribution is -1.99. The Balaban J connectivity index is 2.23. The zero-order valence-electron chi connectivity index (χ0n) is 7.87. The molecule has 1 aliphatic heterocycles. The molecule has 0 bridgehead atoms. The second-order valence-corrected chi connectivity index (χ2v) is 4.14. The van der Waals surface area contributed by atoms with Crippen molar-refractivity contribution in [3.05, 3.63) is 45.6 Å². The Bertz CT molecular complexity index is 452. The van der Waals surface area contributed by atoms with Crippen LogP contribution in [0.5, 0.6) is 0 Å². The molecule has 78 valence electrons. The van der Waals surface area contributed by atoms with Gasteiger partial charge in [-0.1, -0.05) is 29.3 Å². The smallest absolute Gasteiger partial charge is 0.0663 e. The van der Waals surface area contributed by atoms with Crippen LogP contribution in [0.4, 0.5) is 0 Å². The lowest BCUT2D eigenvalue weighted by molar-refractivity contribution is 0.330. The fraction of sp³-hybridized carbons (Fsp3) is 0.182. The predicted octanol–water partition coefficient (Wildman–Crippen LogP) is 3.06. The topological polar surface area (TPSA) is 32.6 Å². The Morgan fingerprint density at radius 2 is 2.07 bits per heavy atom. The molecule has 0 fully saturated rings. The summed E-state index contributed by atoms with van der Waals surface area (Å²) in [5, 5.41) is 10.00. The molecule has 15 heavy (non-hydrogen) atoms. The standard InChI is InChI=1S/C11H9Cl2NO/c12-9-2-1-8(4-10(9)13)11-3-7(6-15)5-14-11/h1-2,4-5,15H,3,6H2. The van der Waals surface area contributed by atoms with Gasteiger partial charge in [0.2, 0.25) is 0 Å². The Morgan fingerprint density at radius 1 is 1.27 bits per heavy atom. The third-order valence-corrected chi connectivity index (χ3v) is 2.99. The molecule has 0 unspecified atom stereocenters. The number of aliphatic imine (C=N–C) groups is 1. The van der Waals surface area contributed by atoms with E-state index in [9.17, 15) is 0 Å². The van der Waals surface area contributed by atoms with Crippen LogP contribution in [0.3, 0.4) is 0 Å². The second kappa shape index (κ2) is 4.35. The Hall–Kier alpha value is -0.830. The van der Waals surface area contributed by atoms with Gasteiger partial charge < -0.3 is 5.11 Å². The number of aliphatic hydroxyl groups is 1. The van der Waals surface area contributed by atoms with E-state index in [4.69, 9.17) is 28.3 Å². The lowest BCUT2D eigenvalue weighted by Gasteiger charge is -2.03. The van der Waals surface area contributed by atoms with Crippen LogP contribution >= 0.6 is 23.2 Å². The van der Waals surface area contributed by atoms with E-state index in [1.54, 1.807) is 18.3 Å². The Labute approximate surface area is 97.9 Å². The molecule has 0 aromatic heterocycles. The van der Waals surface area contributed by atoms with Gasteiger partial charge in [-0.15, -0.1) is 0 Å². The number of nitrogens with zero attached hydrogens (tertiary/aromatic N) is 1. The normalized spacial score (nSPS) is 15.1. The van der Waals surface area contributed by atoms with Crippen LogP contribution in [0.25, 0.3) is 0 Å². The van der Waals surface area contributed by atoms with Crippen molar-refractivity contribution in [1.29, 1.82) is 0 Å². The van der Waals surface area contributed by atoms with Crippen LogP contribution in [0.1, 0.15) is 12.0 Å². The molecule has 0 atom stereocenters. The summed E-state index contributed by atoms with van der Waals surface area (Å²) in [5.74, 6) is 0. The molecule has 1 aromatic carbocycles. The van der Waals surface area contributed by atoms with Crippen LogP contribution in [-0.4, -0.2) is 17.4 Å². The SMILES string of the molecule is OCC1=CN=C(c2ccc(Cl)c(Cl)c2)C1. The van der Waals surface area contributed by atoms with E-state index in [1.807, 2.05) is 6.07 Å². The summed E-state index contributed by atoms with van der Waals surface area (Å²) in [4.78, 5) is 4.22. The van der Waals surface area contributed by atoms with Gasteiger partial charge >= 0.3 is 0 Å². The van der Waals surface area contributed by atoms with E-state index in [2.05, 4.69) is 4.99 Å². The van der Waals surface area contributed by atoms with Gasteiger partial charge in [0, 0.05) is 12.6 Å². The largest absolute Gasteiger partial charge is 0.392 e. The number of rotatable bonds is 2. The molecule has 1 aromatic rings. The zero-order chi connectivity index (χ0) is 10.8. The molecule has 0 spiro atoms. The summed E-state index contributed by atoms with van der Waals surface area (Å²) in [7, 11) is 0. The quantitative estimate of drug-likeness (QED) is 0.849. The fourth-order valence-electron chi connectivity index (χ4n) is 1.42. The zero-order valence-corrected chi connectivity index (χ0v) is 9.39. The van der Waals surface area contributed by atoms with E-state index in [-0.39, 0.29) is 6.61 Å². The summed E-state index contributed by atoms with van der Waals surface area (Å²) < 4.78 is 0. The first-order valence-corrected chi connectivity index (χ1v) is 5.27. The molecule has 0 aliphatic carbocycles. The van der Waals surface area contributed by atoms with Gasteiger partial charge in [0.1, 0.15) is 0 Å². The number of aliphatic hydroxyl groups excluding tert-OH is 1. The van der Waals surface area contributed by atoms with Crippen molar-refractivity contribution in [1.82, 2.24) is 0 Å². The summed E-state index contributed by atoms with van der Waals surface area (Å²) in [5.41, 5.74) is 2.78. The number of hydrogen-bond acceptors (Lipinski definition) is 2. The highest BCUT2D eigenvalue weighted by Gasteiger charge is 2.12. The van der Waals surface area contributed by atoms with E-state index in [0.29, 0.717) is 16.5 Å². The third-order valence-electron chi connectivity index (χ3n) is 2.25. The molecule has 0 saturated heterocycles. The number of benzene rings is 1. The summed E-state index contributed by atoms with van der Waals surface area (Å²) >= 11 is 11.7. The first-order chi connectivity index (χ1) is 7.20. The van der Waals surface area contributed by atoms with Crippen molar-refractivity contribution in [2.24, 2.45) is 4.99 Å². The van der Waals surface area contributed by atoms with Crippen molar-refractivity contribution >= 4 is 28.9 Å². The maximum Gasteiger partial charge on any atom is 0.0663 e. The van der Waals surface area contributed by atoms with E-state index < -0.39 is 0 Å². The minimum Gasteiger partial charge on any atom is -0.392 e. The molecule has 1 N–H and O–H groups in total. The summed E-state index contributed by atoms with van der Waals surface area (Å²) in [6, 6.07) is 5.41. The van der Waals surface area contributed by atoms with Crippen molar-refractivity contribution in [3.8, 4) is 0 Å². The van der Waals surface area contributed by atoms with Gasteiger partial charge in [-0.05, 0) is 23.3 Å². The average molecular weight is 242 g/mol. The van der Waals surface area contributed by atoms with Crippen molar-refractivity contribution < 1.29 is 5.11 Å². The maximum atomic E-state index is 8.94. The molecular formula is C11H9Cl2NO. The fourth-order valence-corrected chi connectivity index (χ4v) is 1.72. The molecule has 1 heterocycles. The molecule has 0 saturated carbocycles. The van der Waals surface area contributed by atoms with Crippen LogP contribution in [-0.2, 0) is 0 Å². The van der Waals surface area contributed by atoms with Gasteiger partial charge in [-0.3, -0.25) is 4.99 Å². The third kappa shape index (κ3) is 2.23. The second-order valence-electron chi connectivity index (χ2n) is 3.33. The van der Waals surface area contributed by atoms with Gasteiger partial charge in [-0.25, -0.2) is 0 Å². The highest BCUT2D eigenvalue weighted by Crippen LogP contribution is 2.25. The Morgan fingerprint density at radius 3 is 2.67 bits per heavy atom. The highest BCUT2D eigenvalue weighted by atomic mass is 35.5. The molecule has 0 radical (unpaired) electrons. The van der Waals surface area contributed by atoms with Gasteiger partial charge in [-0.2, -0.15) is 0 Å². The Kier molecular flexibility index (Phi) is 3.10. The maximum absolute atomic E-state index is 8.94. The van der Waals surface area contributed by atoms with Crippen LogP contribution in [0, 0.1) is 0 Å². The summed E-state index contributed by atoms with van der Waals surface area (Å²) in [6.45, 7) is 0.0499. The van der Waals surface area contributed by atoms with Crippen molar-refractivity contribution in [3.63, 3.8) is 0 Å². The number of halogens is 2. The lowest BCUT2D eigenvalue weighted by atomic mass is 10.1. The van der Waals surface area contributed by atoms with Crippen molar-refractivity contribution in [2.45, 2.75) is 6.42 Å². The monoisotopic (exact) mass is 241 g/mol. The predicted molar refractivity (Wildman–Crippen MR) is 62.8 cm³/mol. The molecular weight excluding hydrogens is 233 g/mol. The van der Waals surface area contributed by atoms with Gasteiger partial charge in [0.15, 0.2) is 0 Å². The van der Waals surface area contributed by atoms with E-state index >= 15 is 0 Å². The van der Waals surface area contributed by atoms with Crippen molar-refractivity contribution in [2.75, 3.05) is 6.61 Å². The first kappa shape index (κ1) is 10.7. The highest BCUT2D eigenvalue weighted by molar-refractivity contribution is 6.42. The first-order valence-electron chi connectivity index (χ1n) is 4.51. The minimum absolute atomic E-state index is 0.0499. The average Bonchev–Trinajstić information content (AvgIpc) is 2.70. The van der Waals surface area contributed by atoms with Crippen LogP contribution in [0.2, 0.25) is 10.0 Å². The molecule has 4 heteroatoms. The van der Waals surface area contributed by atoms with E-state index in [1.165, 1.54) is 0 Å². The molecule has 0 amide bonds. The van der Waals surface area contributed by atoms with Gasteiger partial charge in [0.05, 0.1) is 22.4 Å². The number of hydrogen-bond donors (Lipinski definition) is 1. The summed E-state index contributed by atoms with van der Waals surface area (Å²) in [6.07, 6.45) is 2.37. The van der Waals surface area contributed by atoms with Gasteiger partial charge in [0.25, 0.3) is 0 Å². The molecule has 2 rings (SSSR count). The molecule has 2 nitrogen and oxygen atoms in total. The van der Waals surface area contributed by atoms with Crippen LogP contribution in [0.15, 0.2) is 35.0 Å². The minimum atomic E-state index is 0.0499. The molecule has 1 aliphatic rings. The van der Waals surface area contributed by atoms with Crippen LogP contribution < -0.4 is 0 Å².